The predicted octanol–water partition coefficient (Wildman–Crippen LogP) is 3.08. The number of allylic oxidation sites excluding steroid dienone is 3. The number of urea groups is 1. The zero-order valence-corrected chi connectivity index (χ0v) is 33.6. The van der Waals surface area contributed by atoms with Crippen molar-refractivity contribution in [3.05, 3.63) is 24.3 Å². The van der Waals surface area contributed by atoms with Crippen LogP contribution in [0, 0.1) is 0 Å². The Morgan fingerprint density at radius 2 is 1.56 bits per heavy atom. The Morgan fingerprint density at radius 3 is 2.35 bits per heavy atom. The fraction of sp³-hybridized carbons (Fsp3) is 0.825. The molecule has 9 N–H and O–H groups in total. The first-order valence-electron chi connectivity index (χ1n) is 20.8. The zero-order valence-electron chi connectivity index (χ0n) is 32.8. The van der Waals surface area contributed by atoms with Crippen LogP contribution < -0.4 is 21.3 Å². The summed E-state index contributed by atoms with van der Waals surface area (Å²) in [5.41, 5.74) is 0. The largest absolute Gasteiger partial charge is 0.394 e. The molecule has 15 heteroatoms. The fourth-order valence-corrected chi connectivity index (χ4v) is 8.65. The van der Waals surface area contributed by atoms with Gasteiger partial charge in [-0.15, -0.1) is 0 Å². The number of unbranched alkanes of at least 4 members (excludes halogenated alkanes) is 11. The number of nitrogens with one attached hydrogen (secondary N) is 4. The Balaban J connectivity index is 1.33. The van der Waals surface area contributed by atoms with E-state index >= 15 is 0 Å². The van der Waals surface area contributed by atoms with Crippen LogP contribution in [0.3, 0.4) is 0 Å². The number of aliphatic hydroxyl groups is 5. The van der Waals surface area contributed by atoms with E-state index < -0.39 is 49.5 Å². The second-order valence-electron chi connectivity index (χ2n) is 15.1. The lowest BCUT2D eigenvalue weighted by atomic mass is 9.99. The third-order valence-electron chi connectivity index (χ3n) is 10.5. The molecule has 3 aliphatic rings. The van der Waals surface area contributed by atoms with Gasteiger partial charge in [0.15, 0.2) is 6.29 Å². The van der Waals surface area contributed by atoms with Gasteiger partial charge >= 0.3 is 6.03 Å². The Kier molecular flexibility index (Phi) is 23.5. The second-order valence-corrected chi connectivity index (χ2v) is 16.4. The Hall–Kier alpha value is -2.24. The second kappa shape index (κ2) is 27.4. The van der Waals surface area contributed by atoms with Crippen molar-refractivity contribution < 1.29 is 49.4 Å². The maximum Gasteiger partial charge on any atom is 0.315 e. The average molecular weight is 799 g/mol. The van der Waals surface area contributed by atoms with Gasteiger partial charge in [0, 0.05) is 30.4 Å². The van der Waals surface area contributed by atoms with Crippen LogP contribution in [0.5, 0.6) is 0 Å². The number of hydrogen-bond acceptors (Lipinski definition) is 11. The first kappa shape index (κ1) is 47.1. The van der Waals surface area contributed by atoms with Crippen LogP contribution in [0.1, 0.15) is 122 Å². The Bertz CT molecular complexity index is 1160. The van der Waals surface area contributed by atoms with Crippen LogP contribution in [-0.2, 0) is 19.1 Å². The van der Waals surface area contributed by atoms with Crippen molar-refractivity contribution in [3.63, 3.8) is 0 Å². The third kappa shape index (κ3) is 17.8. The summed E-state index contributed by atoms with van der Waals surface area (Å²) >= 11 is 1.87. The van der Waals surface area contributed by atoms with Gasteiger partial charge in [-0.1, -0.05) is 82.6 Å². The standard InChI is InChI=1S/C40H70N4O10S/c1-2-3-4-5-6-7-8-9-10-11-12-13-15-20-30(46)28(26-53-39-38(51)37(50)36(49)31(25-45)54-39)42-34(48)23-16-14-19-24-41-33(47)22-18-17-21-32-35-29(27-55-32)43-40(52)44-35/h10-11,15,20,28-32,35-39,45-46,49-51H,2-9,12-14,16-19,21-27H2,1H3,(H,41,47)(H,42,48)(H2,43,44,52)/t28-,29-,30+,31+,32-,35-,36+,37-,38+,39+/m0/s1. The van der Waals surface area contributed by atoms with Gasteiger partial charge in [-0.25, -0.2) is 4.79 Å². The lowest BCUT2D eigenvalue weighted by Gasteiger charge is -2.40. The van der Waals surface area contributed by atoms with Gasteiger partial charge in [0.25, 0.3) is 0 Å². The van der Waals surface area contributed by atoms with E-state index in [9.17, 15) is 39.9 Å². The number of fused-ring (bicyclic) bond motifs is 1. The van der Waals surface area contributed by atoms with Gasteiger partial charge in [-0.2, -0.15) is 11.8 Å². The molecule has 0 aromatic rings. The van der Waals surface area contributed by atoms with Gasteiger partial charge in [0.2, 0.25) is 11.8 Å². The summed E-state index contributed by atoms with van der Waals surface area (Å²) in [6.45, 7) is 1.88. The van der Waals surface area contributed by atoms with Crippen molar-refractivity contribution in [2.75, 3.05) is 25.5 Å². The molecule has 0 aromatic heterocycles. The summed E-state index contributed by atoms with van der Waals surface area (Å²) in [6, 6.07) is -0.601. The summed E-state index contributed by atoms with van der Waals surface area (Å²) in [5.74, 6) is 0.634. The van der Waals surface area contributed by atoms with Gasteiger partial charge < -0.3 is 56.3 Å². The van der Waals surface area contributed by atoms with E-state index in [1.807, 2.05) is 17.8 Å². The van der Waals surface area contributed by atoms with Gasteiger partial charge in [-0.05, 0) is 51.4 Å². The highest BCUT2D eigenvalue weighted by molar-refractivity contribution is 8.00. The number of thioether (sulfide) groups is 1. The van der Waals surface area contributed by atoms with Crippen molar-refractivity contribution >= 4 is 29.6 Å². The van der Waals surface area contributed by atoms with Gasteiger partial charge in [-0.3, -0.25) is 9.59 Å². The van der Waals surface area contributed by atoms with Crippen molar-refractivity contribution in [1.82, 2.24) is 21.3 Å². The number of carbonyl (C=O) groups excluding carboxylic acids is 3. The lowest BCUT2D eigenvalue weighted by molar-refractivity contribution is -0.302. The molecular formula is C40H70N4O10S. The molecule has 3 heterocycles. The van der Waals surface area contributed by atoms with E-state index in [2.05, 4.69) is 40.3 Å². The molecule has 316 valence electrons. The molecule has 0 radical (unpaired) electrons. The molecule has 3 rings (SSSR count). The molecule has 0 aromatic carbocycles. The molecule has 3 saturated heterocycles. The molecule has 0 unspecified atom stereocenters. The normalized spacial score (nSPS) is 27.6. The Labute approximate surface area is 332 Å². The molecular weight excluding hydrogens is 729 g/mol. The van der Waals surface area contributed by atoms with Crippen LogP contribution >= 0.6 is 11.8 Å². The molecule has 0 saturated carbocycles. The van der Waals surface area contributed by atoms with E-state index in [-0.39, 0.29) is 43.0 Å². The van der Waals surface area contributed by atoms with Crippen molar-refractivity contribution in [1.29, 1.82) is 0 Å². The fourth-order valence-electron chi connectivity index (χ4n) is 7.10. The maximum absolute atomic E-state index is 12.9. The van der Waals surface area contributed by atoms with E-state index in [4.69, 9.17) is 9.47 Å². The summed E-state index contributed by atoms with van der Waals surface area (Å²) in [4.78, 5) is 36.8. The van der Waals surface area contributed by atoms with Crippen molar-refractivity contribution in [3.8, 4) is 0 Å². The van der Waals surface area contributed by atoms with E-state index in [0.29, 0.717) is 31.1 Å². The van der Waals surface area contributed by atoms with Crippen LogP contribution in [0.15, 0.2) is 24.3 Å². The first-order valence-corrected chi connectivity index (χ1v) is 21.9. The summed E-state index contributed by atoms with van der Waals surface area (Å²) in [6.07, 6.45) is 16.3. The van der Waals surface area contributed by atoms with Crippen LogP contribution in [-0.4, -0.2) is 129 Å². The van der Waals surface area contributed by atoms with E-state index in [1.54, 1.807) is 6.08 Å². The van der Waals surface area contributed by atoms with E-state index in [0.717, 1.165) is 50.7 Å². The quantitative estimate of drug-likeness (QED) is 0.0304. The molecule has 0 bridgehead atoms. The monoisotopic (exact) mass is 798 g/mol. The van der Waals surface area contributed by atoms with Crippen LogP contribution in [0.4, 0.5) is 4.79 Å². The van der Waals surface area contributed by atoms with Crippen molar-refractivity contribution in [2.24, 2.45) is 0 Å². The number of hydrogen-bond donors (Lipinski definition) is 9. The number of aliphatic hydroxyl groups excluding tert-OH is 5. The number of ether oxygens (including phenoxy) is 2. The summed E-state index contributed by atoms with van der Waals surface area (Å²) in [5, 5.41) is 63.2. The molecule has 4 amide bonds. The smallest absolute Gasteiger partial charge is 0.315 e. The minimum Gasteiger partial charge on any atom is -0.394 e. The molecule has 0 spiro atoms. The number of carbonyl (C=O) groups is 3. The highest BCUT2D eigenvalue weighted by atomic mass is 32.2. The van der Waals surface area contributed by atoms with Crippen LogP contribution in [0.2, 0.25) is 0 Å². The minimum absolute atomic E-state index is 0.00864. The number of amides is 4. The molecule has 3 fully saturated rings. The molecule has 3 aliphatic heterocycles. The molecule has 10 atom stereocenters. The molecule has 0 aliphatic carbocycles. The minimum atomic E-state index is -1.61. The molecule has 55 heavy (non-hydrogen) atoms. The highest BCUT2D eigenvalue weighted by Gasteiger charge is 2.45. The van der Waals surface area contributed by atoms with Crippen LogP contribution in [0.25, 0.3) is 0 Å². The predicted molar refractivity (Wildman–Crippen MR) is 213 cm³/mol. The topological polar surface area (TPSA) is 219 Å². The maximum atomic E-state index is 12.9. The van der Waals surface area contributed by atoms with Gasteiger partial charge in [0.1, 0.15) is 24.4 Å². The zero-order chi connectivity index (χ0) is 39.8. The average Bonchev–Trinajstić information content (AvgIpc) is 3.73. The first-order chi connectivity index (χ1) is 26.6. The highest BCUT2D eigenvalue weighted by Crippen LogP contribution is 2.33. The third-order valence-corrected chi connectivity index (χ3v) is 12.0. The SMILES string of the molecule is CCCCCCCCCC=CCCC=C[C@@H](O)[C@H](CO[C@@H]1O[C@H](CO)[C@@H](O)[C@H](O)[C@H]1O)NC(=O)CCCCCNC(=O)CCCC[C@@H]1SC[C@@H]2NC(=O)N[C@@H]21. The summed E-state index contributed by atoms with van der Waals surface area (Å²) < 4.78 is 11.1. The molecule has 14 nitrogen and oxygen atoms in total. The van der Waals surface area contributed by atoms with Gasteiger partial charge in [0.05, 0.1) is 37.4 Å². The number of rotatable bonds is 29. The Morgan fingerprint density at radius 1 is 0.873 bits per heavy atom. The van der Waals surface area contributed by atoms with Crippen molar-refractivity contribution in [2.45, 2.75) is 183 Å². The van der Waals surface area contributed by atoms with E-state index in [1.165, 1.54) is 44.9 Å². The lowest BCUT2D eigenvalue weighted by Crippen LogP contribution is -2.60. The summed E-state index contributed by atoms with van der Waals surface area (Å²) in [7, 11) is 0.